The third-order valence-corrected chi connectivity index (χ3v) is 9.15. The minimum atomic E-state index is -4.10. The predicted molar refractivity (Wildman–Crippen MR) is 161 cm³/mol. The normalized spacial score (nSPS) is 12.9. The van der Waals surface area contributed by atoms with Crippen LogP contribution in [-0.2, 0) is 26.2 Å². The number of hydrogen-bond donors (Lipinski definition) is 1. The fourth-order valence-electron chi connectivity index (χ4n) is 4.29. The van der Waals surface area contributed by atoms with Gasteiger partial charge in [0.15, 0.2) is 0 Å². The van der Waals surface area contributed by atoms with E-state index in [9.17, 15) is 18.0 Å². The lowest BCUT2D eigenvalue weighted by molar-refractivity contribution is -0.139. The highest BCUT2D eigenvalue weighted by Gasteiger charge is 2.33. The number of benzene rings is 3. The number of anilines is 1. The lowest BCUT2D eigenvalue weighted by atomic mass is 10.1. The van der Waals surface area contributed by atoms with E-state index in [2.05, 4.69) is 5.32 Å². The molecule has 0 aromatic heterocycles. The Morgan fingerprint density at radius 1 is 0.850 bits per heavy atom. The summed E-state index contributed by atoms with van der Waals surface area (Å²) < 4.78 is 29.2. The van der Waals surface area contributed by atoms with Gasteiger partial charge in [0, 0.05) is 12.6 Å². The third-order valence-electron chi connectivity index (χ3n) is 7.37. The number of rotatable bonds is 11. The van der Waals surface area contributed by atoms with E-state index in [1.54, 1.807) is 43.3 Å². The summed E-state index contributed by atoms with van der Waals surface area (Å²) >= 11 is 0. The Kier molecular flexibility index (Phi) is 10.1. The van der Waals surface area contributed by atoms with Gasteiger partial charge in [-0.2, -0.15) is 0 Å². The largest absolute Gasteiger partial charge is 0.352 e. The topological polar surface area (TPSA) is 86.8 Å². The number of aryl methyl sites for hydroxylation is 3. The highest BCUT2D eigenvalue weighted by molar-refractivity contribution is 7.92. The third kappa shape index (κ3) is 7.30. The van der Waals surface area contributed by atoms with Crippen LogP contribution < -0.4 is 9.62 Å². The highest BCUT2D eigenvalue weighted by atomic mass is 32.2. The van der Waals surface area contributed by atoms with Crippen LogP contribution in [0, 0.1) is 27.7 Å². The first-order valence-corrected chi connectivity index (χ1v) is 15.1. The second kappa shape index (κ2) is 13.1. The van der Waals surface area contributed by atoms with Crippen molar-refractivity contribution in [2.75, 3.05) is 10.8 Å². The van der Waals surface area contributed by atoms with Crippen molar-refractivity contribution in [3.05, 3.63) is 94.5 Å². The molecule has 1 N–H and O–H groups in total. The maximum absolute atomic E-state index is 14.1. The van der Waals surface area contributed by atoms with Crippen molar-refractivity contribution < 1.29 is 18.0 Å². The average molecular weight is 564 g/mol. The molecule has 3 rings (SSSR count). The summed E-state index contributed by atoms with van der Waals surface area (Å²) in [7, 11) is -4.10. The molecule has 0 bridgehead atoms. The molecule has 3 aromatic rings. The fourth-order valence-corrected chi connectivity index (χ4v) is 5.77. The SMILES string of the molecule is CC[C@H](C)NC(=O)[C@@H](C)N(Cc1ccc(C)cc1)C(=O)CN(c1cccc(C)c1C)S(=O)(=O)c1ccc(C)cc1. The van der Waals surface area contributed by atoms with E-state index in [0.717, 1.165) is 34.2 Å². The molecular formula is C32H41N3O4S. The minimum Gasteiger partial charge on any atom is -0.352 e. The molecule has 0 saturated carbocycles. The molecular weight excluding hydrogens is 522 g/mol. The summed E-state index contributed by atoms with van der Waals surface area (Å²) in [6.45, 7) is 12.9. The number of carbonyl (C=O) groups excluding carboxylic acids is 2. The van der Waals surface area contributed by atoms with E-state index in [1.807, 2.05) is 71.9 Å². The molecule has 214 valence electrons. The van der Waals surface area contributed by atoms with Gasteiger partial charge in [-0.25, -0.2) is 8.42 Å². The number of sulfonamides is 1. The van der Waals surface area contributed by atoms with Crippen LogP contribution in [0.2, 0.25) is 0 Å². The fraction of sp³-hybridized carbons (Fsp3) is 0.375. The van der Waals surface area contributed by atoms with Gasteiger partial charge in [-0.15, -0.1) is 0 Å². The summed E-state index contributed by atoms with van der Waals surface area (Å²) in [5, 5.41) is 2.96. The molecule has 0 heterocycles. The van der Waals surface area contributed by atoms with Crippen LogP contribution in [0.4, 0.5) is 5.69 Å². The van der Waals surface area contributed by atoms with Crippen molar-refractivity contribution in [2.24, 2.45) is 0 Å². The Bertz CT molecular complexity index is 1430. The molecule has 0 aliphatic rings. The van der Waals surface area contributed by atoms with Gasteiger partial charge in [-0.3, -0.25) is 13.9 Å². The van der Waals surface area contributed by atoms with Crippen LogP contribution in [0.5, 0.6) is 0 Å². The number of nitrogens with zero attached hydrogens (tertiary/aromatic N) is 2. The van der Waals surface area contributed by atoms with E-state index < -0.39 is 28.5 Å². The average Bonchev–Trinajstić information content (AvgIpc) is 2.92. The van der Waals surface area contributed by atoms with Crippen molar-refractivity contribution in [3.63, 3.8) is 0 Å². The molecule has 0 fully saturated rings. The van der Waals surface area contributed by atoms with Crippen LogP contribution in [0.1, 0.15) is 55.0 Å². The van der Waals surface area contributed by atoms with E-state index in [-0.39, 0.29) is 23.4 Å². The van der Waals surface area contributed by atoms with Gasteiger partial charge in [0.25, 0.3) is 10.0 Å². The molecule has 2 amide bonds. The highest BCUT2D eigenvalue weighted by Crippen LogP contribution is 2.29. The monoisotopic (exact) mass is 563 g/mol. The predicted octanol–water partition coefficient (Wildman–Crippen LogP) is 5.45. The number of nitrogens with one attached hydrogen (secondary N) is 1. The summed E-state index contributed by atoms with van der Waals surface area (Å²) in [5.74, 6) is -0.751. The lowest BCUT2D eigenvalue weighted by Crippen LogP contribution is -2.52. The quantitative estimate of drug-likeness (QED) is 0.336. The van der Waals surface area contributed by atoms with Gasteiger partial charge >= 0.3 is 0 Å². The maximum Gasteiger partial charge on any atom is 0.264 e. The Morgan fingerprint density at radius 3 is 2.00 bits per heavy atom. The van der Waals surface area contributed by atoms with Crippen LogP contribution in [0.3, 0.4) is 0 Å². The van der Waals surface area contributed by atoms with Gasteiger partial charge in [-0.1, -0.05) is 66.6 Å². The molecule has 3 aromatic carbocycles. The lowest BCUT2D eigenvalue weighted by Gasteiger charge is -2.33. The Balaban J connectivity index is 2.06. The number of hydrogen-bond acceptors (Lipinski definition) is 4. The molecule has 0 spiro atoms. The zero-order valence-corrected chi connectivity index (χ0v) is 25.4. The van der Waals surface area contributed by atoms with E-state index >= 15 is 0 Å². The first kappa shape index (κ1) is 30.9. The molecule has 0 aliphatic heterocycles. The summed E-state index contributed by atoms with van der Waals surface area (Å²) in [4.78, 5) is 28.8. The Morgan fingerprint density at radius 2 is 1.43 bits per heavy atom. The van der Waals surface area contributed by atoms with E-state index in [0.29, 0.717) is 5.69 Å². The maximum atomic E-state index is 14.1. The summed E-state index contributed by atoms with van der Waals surface area (Å²) in [6.07, 6.45) is 0.750. The first-order chi connectivity index (χ1) is 18.8. The molecule has 0 aliphatic carbocycles. The first-order valence-electron chi connectivity index (χ1n) is 13.7. The van der Waals surface area contributed by atoms with Gasteiger partial charge in [0.2, 0.25) is 11.8 Å². The molecule has 2 atom stereocenters. The van der Waals surface area contributed by atoms with Gasteiger partial charge in [0.1, 0.15) is 12.6 Å². The zero-order chi connectivity index (χ0) is 29.6. The van der Waals surface area contributed by atoms with Crippen molar-refractivity contribution >= 4 is 27.5 Å². The summed E-state index contributed by atoms with van der Waals surface area (Å²) in [5.41, 5.74) is 4.96. The van der Waals surface area contributed by atoms with Gasteiger partial charge in [-0.05, 0) is 82.9 Å². The van der Waals surface area contributed by atoms with Crippen molar-refractivity contribution in [2.45, 2.75) is 78.4 Å². The Hall–Kier alpha value is -3.65. The van der Waals surface area contributed by atoms with Crippen LogP contribution >= 0.6 is 0 Å². The van der Waals surface area contributed by atoms with Crippen molar-refractivity contribution in [3.8, 4) is 0 Å². The molecule has 7 nitrogen and oxygen atoms in total. The smallest absolute Gasteiger partial charge is 0.264 e. The van der Waals surface area contributed by atoms with Crippen LogP contribution in [0.15, 0.2) is 71.6 Å². The van der Waals surface area contributed by atoms with E-state index in [4.69, 9.17) is 0 Å². The van der Waals surface area contributed by atoms with Gasteiger partial charge < -0.3 is 10.2 Å². The van der Waals surface area contributed by atoms with E-state index in [1.165, 1.54) is 9.21 Å². The zero-order valence-electron chi connectivity index (χ0n) is 24.6. The second-order valence-corrected chi connectivity index (χ2v) is 12.4. The molecule has 0 unspecified atom stereocenters. The molecule has 8 heteroatoms. The van der Waals surface area contributed by atoms with Crippen LogP contribution in [-0.4, -0.2) is 43.8 Å². The van der Waals surface area contributed by atoms with Crippen LogP contribution in [0.25, 0.3) is 0 Å². The number of carbonyl (C=O) groups is 2. The Labute approximate surface area is 239 Å². The molecule has 0 saturated heterocycles. The minimum absolute atomic E-state index is 0.0559. The number of amides is 2. The second-order valence-electron chi connectivity index (χ2n) is 10.5. The summed E-state index contributed by atoms with van der Waals surface area (Å²) in [6, 6.07) is 18.9. The van der Waals surface area contributed by atoms with Crippen molar-refractivity contribution in [1.29, 1.82) is 0 Å². The van der Waals surface area contributed by atoms with Crippen molar-refractivity contribution in [1.82, 2.24) is 10.2 Å². The molecule has 0 radical (unpaired) electrons. The molecule has 40 heavy (non-hydrogen) atoms. The van der Waals surface area contributed by atoms with Gasteiger partial charge in [0.05, 0.1) is 10.6 Å². The standard InChI is InChI=1S/C32H41N3O4S/c1-8-25(5)33-32(37)27(7)34(20-28-16-12-22(2)13-17-28)31(36)21-35(30-11-9-10-24(4)26(30)6)40(38,39)29-18-14-23(3)15-19-29/h9-19,25,27H,8,20-21H2,1-7H3,(H,33,37)/t25-,27+/m0/s1.